The van der Waals surface area contributed by atoms with E-state index in [4.69, 9.17) is 4.74 Å². The summed E-state index contributed by atoms with van der Waals surface area (Å²) in [6.45, 7) is 2.97. The summed E-state index contributed by atoms with van der Waals surface area (Å²) in [5, 5.41) is 3.11. The van der Waals surface area contributed by atoms with Crippen LogP contribution in [-0.2, 0) is 16.1 Å². The molecule has 1 aromatic carbocycles. The normalized spacial score (nSPS) is 25.4. The van der Waals surface area contributed by atoms with Crippen LogP contribution in [0, 0.1) is 11.8 Å². The van der Waals surface area contributed by atoms with Crippen molar-refractivity contribution >= 4 is 5.91 Å². The van der Waals surface area contributed by atoms with Crippen LogP contribution in [0.3, 0.4) is 0 Å². The van der Waals surface area contributed by atoms with Gasteiger partial charge in [-0.3, -0.25) is 15.6 Å². The summed E-state index contributed by atoms with van der Waals surface area (Å²) in [6, 6.07) is 10.3. The van der Waals surface area contributed by atoms with Crippen molar-refractivity contribution in [3.05, 3.63) is 35.9 Å². The van der Waals surface area contributed by atoms with Crippen LogP contribution >= 0.6 is 0 Å². The standard InChI is InChI=1S/C18H27N3O2/c22-18(16-11-20-21-12-16)19-10-14-6-8-17(9-7-14)23-13-15-4-2-1-3-5-15/h1-5,14,16-17,20-21H,6-13H2,(H,19,22). The summed E-state index contributed by atoms with van der Waals surface area (Å²) in [4.78, 5) is 12.0. The first kappa shape index (κ1) is 16.4. The number of hydrogen-bond acceptors (Lipinski definition) is 4. The Morgan fingerprint density at radius 1 is 1.09 bits per heavy atom. The summed E-state index contributed by atoms with van der Waals surface area (Å²) < 4.78 is 6.02. The molecule has 1 amide bonds. The van der Waals surface area contributed by atoms with Gasteiger partial charge in [-0.1, -0.05) is 30.3 Å². The maximum Gasteiger partial charge on any atom is 0.225 e. The van der Waals surface area contributed by atoms with E-state index in [0.29, 0.717) is 18.6 Å². The molecule has 0 radical (unpaired) electrons. The highest BCUT2D eigenvalue weighted by atomic mass is 16.5. The Hall–Kier alpha value is -1.43. The van der Waals surface area contributed by atoms with Crippen LogP contribution in [0.4, 0.5) is 0 Å². The highest BCUT2D eigenvalue weighted by molar-refractivity contribution is 5.79. The minimum atomic E-state index is 0.0699. The maximum atomic E-state index is 12.0. The SMILES string of the molecule is O=C(NCC1CCC(OCc2ccccc2)CC1)C1CNNC1. The summed E-state index contributed by atoms with van der Waals surface area (Å²) >= 11 is 0. The molecule has 23 heavy (non-hydrogen) atoms. The van der Waals surface area contributed by atoms with Gasteiger partial charge in [0, 0.05) is 19.6 Å². The topological polar surface area (TPSA) is 62.4 Å². The first-order valence-electron chi connectivity index (χ1n) is 8.70. The Morgan fingerprint density at radius 3 is 2.48 bits per heavy atom. The second-order valence-electron chi connectivity index (χ2n) is 6.64. The van der Waals surface area contributed by atoms with E-state index < -0.39 is 0 Å². The van der Waals surface area contributed by atoms with Gasteiger partial charge in [0.25, 0.3) is 0 Å². The molecule has 0 unspecified atom stereocenters. The molecule has 1 aliphatic heterocycles. The van der Waals surface area contributed by atoms with E-state index >= 15 is 0 Å². The van der Waals surface area contributed by atoms with Gasteiger partial charge in [-0.2, -0.15) is 0 Å². The van der Waals surface area contributed by atoms with E-state index in [1.807, 2.05) is 18.2 Å². The minimum Gasteiger partial charge on any atom is -0.374 e. The molecule has 1 saturated carbocycles. The maximum absolute atomic E-state index is 12.0. The first-order chi connectivity index (χ1) is 11.3. The number of nitrogens with one attached hydrogen (secondary N) is 3. The Balaban J connectivity index is 1.31. The summed E-state index contributed by atoms with van der Waals surface area (Å²) in [5.74, 6) is 0.836. The van der Waals surface area contributed by atoms with Gasteiger partial charge < -0.3 is 10.1 Å². The smallest absolute Gasteiger partial charge is 0.225 e. The third-order valence-corrected chi connectivity index (χ3v) is 4.88. The van der Waals surface area contributed by atoms with E-state index in [9.17, 15) is 4.79 Å². The molecule has 5 heteroatoms. The van der Waals surface area contributed by atoms with Crippen LogP contribution in [0.5, 0.6) is 0 Å². The molecule has 1 aromatic rings. The Labute approximate surface area is 138 Å². The molecule has 1 heterocycles. The molecule has 0 atom stereocenters. The van der Waals surface area contributed by atoms with Crippen molar-refractivity contribution in [2.75, 3.05) is 19.6 Å². The lowest BCUT2D eigenvalue weighted by atomic mass is 9.87. The monoisotopic (exact) mass is 317 g/mol. The van der Waals surface area contributed by atoms with Crippen LogP contribution < -0.4 is 16.2 Å². The van der Waals surface area contributed by atoms with Gasteiger partial charge in [0.1, 0.15) is 0 Å². The largest absolute Gasteiger partial charge is 0.374 e. The highest BCUT2D eigenvalue weighted by Crippen LogP contribution is 2.26. The molecule has 3 rings (SSSR count). The zero-order chi connectivity index (χ0) is 15.9. The second kappa shape index (κ2) is 8.43. The third-order valence-electron chi connectivity index (χ3n) is 4.88. The van der Waals surface area contributed by atoms with Gasteiger partial charge >= 0.3 is 0 Å². The molecule has 2 aliphatic rings. The molecule has 5 nitrogen and oxygen atoms in total. The average molecular weight is 317 g/mol. The number of hydrazine groups is 1. The lowest BCUT2D eigenvalue weighted by Crippen LogP contribution is -2.37. The molecule has 1 aliphatic carbocycles. The van der Waals surface area contributed by atoms with Gasteiger partial charge in [-0.15, -0.1) is 0 Å². The van der Waals surface area contributed by atoms with Crippen LogP contribution in [0.15, 0.2) is 30.3 Å². The summed E-state index contributed by atoms with van der Waals surface area (Å²) in [7, 11) is 0. The first-order valence-corrected chi connectivity index (χ1v) is 8.70. The fourth-order valence-electron chi connectivity index (χ4n) is 3.33. The molecule has 2 fully saturated rings. The van der Waals surface area contributed by atoms with Gasteiger partial charge in [0.05, 0.1) is 18.6 Å². The Morgan fingerprint density at radius 2 is 1.78 bits per heavy atom. The van der Waals surface area contributed by atoms with Gasteiger partial charge in [-0.05, 0) is 37.2 Å². The summed E-state index contributed by atoms with van der Waals surface area (Å²) in [5.41, 5.74) is 7.23. The zero-order valence-corrected chi connectivity index (χ0v) is 13.6. The molecule has 3 N–H and O–H groups in total. The molecule has 1 saturated heterocycles. The summed E-state index contributed by atoms with van der Waals surface area (Å²) in [6.07, 6.45) is 4.84. The Kier molecular flexibility index (Phi) is 6.02. The number of carbonyl (C=O) groups is 1. The molecular formula is C18H27N3O2. The predicted molar refractivity (Wildman–Crippen MR) is 89.5 cm³/mol. The van der Waals surface area contributed by atoms with Crippen molar-refractivity contribution in [1.82, 2.24) is 16.2 Å². The van der Waals surface area contributed by atoms with Crippen LogP contribution in [0.1, 0.15) is 31.2 Å². The number of hydrogen-bond donors (Lipinski definition) is 3. The van der Waals surface area contributed by atoms with Gasteiger partial charge in [0.2, 0.25) is 5.91 Å². The average Bonchev–Trinajstić information content (AvgIpc) is 3.14. The number of ether oxygens (including phenoxy) is 1. The van der Waals surface area contributed by atoms with E-state index in [1.165, 1.54) is 5.56 Å². The lowest BCUT2D eigenvalue weighted by Gasteiger charge is -2.29. The molecule has 126 valence electrons. The van der Waals surface area contributed by atoms with E-state index in [2.05, 4.69) is 28.3 Å². The van der Waals surface area contributed by atoms with Crippen LogP contribution in [0.25, 0.3) is 0 Å². The fourth-order valence-corrected chi connectivity index (χ4v) is 3.33. The van der Waals surface area contributed by atoms with Crippen molar-refractivity contribution < 1.29 is 9.53 Å². The van der Waals surface area contributed by atoms with E-state index in [0.717, 1.165) is 45.3 Å². The Bertz CT molecular complexity index is 480. The fraction of sp³-hybridized carbons (Fsp3) is 0.611. The number of benzene rings is 1. The van der Waals surface area contributed by atoms with Crippen LogP contribution in [-0.4, -0.2) is 31.6 Å². The highest BCUT2D eigenvalue weighted by Gasteiger charge is 2.25. The number of amides is 1. The van der Waals surface area contributed by atoms with Gasteiger partial charge in [-0.25, -0.2) is 0 Å². The quantitative estimate of drug-likeness (QED) is 0.746. The third kappa shape index (κ3) is 5.03. The van der Waals surface area contributed by atoms with Crippen molar-refractivity contribution in [2.45, 2.75) is 38.4 Å². The number of rotatable bonds is 6. The van der Waals surface area contributed by atoms with Crippen molar-refractivity contribution in [1.29, 1.82) is 0 Å². The van der Waals surface area contributed by atoms with Crippen molar-refractivity contribution in [3.8, 4) is 0 Å². The molecule has 0 aromatic heterocycles. The minimum absolute atomic E-state index is 0.0699. The number of carbonyl (C=O) groups excluding carboxylic acids is 1. The van der Waals surface area contributed by atoms with Crippen molar-refractivity contribution in [3.63, 3.8) is 0 Å². The molecular weight excluding hydrogens is 290 g/mol. The molecule has 0 spiro atoms. The predicted octanol–water partition coefficient (Wildman–Crippen LogP) is 1.60. The molecule has 0 bridgehead atoms. The van der Waals surface area contributed by atoms with E-state index in [1.54, 1.807) is 0 Å². The zero-order valence-electron chi connectivity index (χ0n) is 13.6. The van der Waals surface area contributed by atoms with E-state index in [-0.39, 0.29) is 11.8 Å². The lowest BCUT2D eigenvalue weighted by molar-refractivity contribution is -0.124. The second-order valence-corrected chi connectivity index (χ2v) is 6.64. The van der Waals surface area contributed by atoms with Crippen molar-refractivity contribution in [2.24, 2.45) is 11.8 Å². The van der Waals surface area contributed by atoms with Gasteiger partial charge in [0.15, 0.2) is 0 Å². The van der Waals surface area contributed by atoms with Crippen LogP contribution in [0.2, 0.25) is 0 Å².